The molecule has 1 fully saturated rings. The Morgan fingerprint density at radius 3 is 2.33 bits per heavy atom. The largest absolute Gasteiger partial charge is 0.493 e. The van der Waals surface area contributed by atoms with Gasteiger partial charge in [-0.15, -0.1) is 0 Å². The molecule has 2 aromatic carbocycles. The predicted octanol–water partition coefficient (Wildman–Crippen LogP) is 2.39. The van der Waals surface area contributed by atoms with Gasteiger partial charge in [-0.05, 0) is 49.7 Å². The fourth-order valence-corrected chi connectivity index (χ4v) is 3.70. The molecule has 2 N–H and O–H groups in total. The van der Waals surface area contributed by atoms with Crippen molar-refractivity contribution in [1.82, 2.24) is 15.5 Å². The van der Waals surface area contributed by atoms with Crippen molar-refractivity contribution in [3.05, 3.63) is 59.7 Å². The summed E-state index contributed by atoms with van der Waals surface area (Å²) in [6.07, 6.45) is 2.36. The Labute approximate surface area is 177 Å². The van der Waals surface area contributed by atoms with E-state index in [4.69, 9.17) is 9.47 Å². The van der Waals surface area contributed by atoms with Crippen LogP contribution in [0, 0.1) is 0 Å². The number of amides is 2. The molecule has 0 saturated carbocycles. The quantitative estimate of drug-likeness (QED) is 0.662. The average molecular weight is 412 g/mol. The molecule has 30 heavy (non-hydrogen) atoms. The Balaban J connectivity index is 1.54. The Kier molecular flexibility index (Phi) is 7.68. The van der Waals surface area contributed by atoms with Gasteiger partial charge in [-0.25, -0.2) is 0 Å². The number of benzene rings is 2. The van der Waals surface area contributed by atoms with Crippen molar-refractivity contribution in [1.29, 1.82) is 0 Å². The molecule has 1 atom stereocenters. The number of carbonyl (C=O) groups is 2. The molecule has 0 aliphatic carbocycles. The standard InChI is InChI=1S/C23H29N3O4/c1-29-20-11-10-18(14-21(20)30-2)23(28)25-16-22(27)24-15-19(26-12-6-7-13-26)17-8-4-3-5-9-17/h3-5,8-11,14,19H,6-7,12-13,15-16H2,1-2H3,(H,24,27)(H,25,28). The lowest BCUT2D eigenvalue weighted by atomic mass is 10.1. The van der Waals surface area contributed by atoms with Crippen LogP contribution < -0.4 is 20.1 Å². The first-order valence-electron chi connectivity index (χ1n) is 10.2. The number of rotatable bonds is 9. The Morgan fingerprint density at radius 2 is 1.67 bits per heavy atom. The zero-order valence-electron chi connectivity index (χ0n) is 17.5. The highest BCUT2D eigenvalue weighted by atomic mass is 16.5. The molecule has 0 aromatic heterocycles. The molecule has 3 rings (SSSR count). The van der Waals surface area contributed by atoms with Crippen molar-refractivity contribution < 1.29 is 19.1 Å². The van der Waals surface area contributed by atoms with E-state index in [1.165, 1.54) is 32.6 Å². The highest BCUT2D eigenvalue weighted by Gasteiger charge is 2.23. The summed E-state index contributed by atoms with van der Waals surface area (Å²) in [5.41, 5.74) is 1.59. The van der Waals surface area contributed by atoms with Gasteiger partial charge in [-0.3, -0.25) is 14.5 Å². The molecule has 2 aromatic rings. The molecule has 0 bridgehead atoms. The van der Waals surface area contributed by atoms with Crippen LogP contribution in [-0.4, -0.2) is 57.1 Å². The second-order valence-corrected chi connectivity index (χ2v) is 7.23. The molecular weight excluding hydrogens is 382 g/mol. The number of nitrogens with one attached hydrogen (secondary N) is 2. The SMILES string of the molecule is COc1ccc(C(=O)NCC(=O)NCC(c2ccccc2)N2CCCC2)cc1OC. The molecule has 2 amide bonds. The molecular formula is C23H29N3O4. The molecule has 7 heteroatoms. The van der Waals surface area contributed by atoms with E-state index in [0.717, 1.165) is 13.1 Å². The van der Waals surface area contributed by atoms with E-state index in [9.17, 15) is 9.59 Å². The third-order valence-corrected chi connectivity index (χ3v) is 5.31. The minimum atomic E-state index is -0.342. The van der Waals surface area contributed by atoms with Gasteiger partial charge in [-0.1, -0.05) is 30.3 Å². The van der Waals surface area contributed by atoms with Crippen LogP contribution in [0.4, 0.5) is 0 Å². The number of hydrogen-bond acceptors (Lipinski definition) is 5. The monoisotopic (exact) mass is 411 g/mol. The Hall–Kier alpha value is -3.06. The normalized spacial score (nSPS) is 14.7. The van der Waals surface area contributed by atoms with E-state index in [1.54, 1.807) is 18.2 Å². The molecule has 1 aliphatic rings. The lowest BCUT2D eigenvalue weighted by molar-refractivity contribution is -0.120. The van der Waals surface area contributed by atoms with Crippen LogP contribution in [0.3, 0.4) is 0 Å². The summed E-state index contributed by atoms with van der Waals surface area (Å²) < 4.78 is 10.4. The fraction of sp³-hybridized carbons (Fsp3) is 0.391. The van der Waals surface area contributed by atoms with Crippen molar-refractivity contribution in [3.8, 4) is 11.5 Å². The smallest absolute Gasteiger partial charge is 0.251 e. The van der Waals surface area contributed by atoms with E-state index < -0.39 is 0 Å². The third kappa shape index (κ3) is 5.51. The zero-order valence-corrected chi connectivity index (χ0v) is 17.5. The molecule has 1 aliphatic heterocycles. The Morgan fingerprint density at radius 1 is 0.967 bits per heavy atom. The molecule has 1 saturated heterocycles. The zero-order chi connectivity index (χ0) is 21.3. The first kappa shape index (κ1) is 21.6. The number of hydrogen-bond donors (Lipinski definition) is 2. The summed E-state index contributed by atoms with van der Waals surface area (Å²) in [6, 6.07) is 15.2. The summed E-state index contributed by atoms with van der Waals surface area (Å²) >= 11 is 0. The average Bonchev–Trinajstić information content (AvgIpc) is 3.32. The van der Waals surface area contributed by atoms with E-state index in [0.29, 0.717) is 23.6 Å². The van der Waals surface area contributed by atoms with E-state index >= 15 is 0 Å². The molecule has 1 unspecified atom stereocenters. The summed E-state index contributed by atoms with van der Waals surface area (Å²) in [5, 5.41) is 5.63. The predicted molar refractivity (Wildman–Crippen MR) is 115 cm³/mol. The third-order valence-electron chi connectivity index (χ3n) is 5.31. The molecule has 7 nitrogen and oxygen atoms in total. The van der Waals surface area contributed by atoms with Gasteiger partial charge >= 0.3 is 0 Å². The van der Waals surface area contributed by atoms with Crippen LogP contribution in [0.25, 0.3) is 0 Å². The van der Waals surface area contributed by atoms with Crippen molar-refractivity contribution >= 4 is 11.8 Å². The first-order chi connectivity index (χ1) is 14.6. The van der Waals surface area contributed by atoms with Crippen LogP contribution in [0.5, 0.6) is 11.5 Å². The van der Waals surface area contributed by atoms with E-state index in [-0.39, 0.29) is 24.4 Å². The molecule has 0 spiro atoms. The van der Waals surface area contributed by atoms with Crippen LogP contribution >= 0.6 is 0 Å². The highest BCUT2D eigenvalue weighted by Crippen LogP contribution is 2.27. The number of likely N-dealkylation sites (tertiary alicyclic amines) is 1. The first-order valence-corrected chi connectivity index (χ1v) is 10.2. The van der Waals surface area contributed by atoms with Crippen molar-refractivity contribution in [2.45, 2.75) is 18.9 Å². The Bertz CT molecular complexity index is 851. The van der Waals surface area contributed by atoms with Crippen molar-refractivity contribution in [2.24, 2.45) is 0 Å². The van der Waals surface area contributed by atoms with Gasteiger partial charge < -0.3 is 20.1 Å². The number of carbonyl (C=O) groups excluding carboxylic acids is 2. The summed E-state index contributed by atoms with van der Waals surface area (Å²) in [4.78, 5) is 27.2. The van der Waals surface area contributed by atoms with Gasteiger partial charge in [0, 0.05) is 12.1 Å². The molecule has 1 heterocycles. The van der Waals surface area contributed by atoms with Gasteiger partial charge in [0.2, 0.25) is 5.91 Å². The number of methoxy groups -OCH3 is 2. The highest BCUT2D eigenvalue weighted by molar-refractivity contribution is 5.97. The number of ether oxygens (including phenoxy) is 2. The van der Waals surface area contributed by atoms with Crippen molar-refractivity contribution in [2.75, 3.05) is 40.4 Å². The lowest BCUT2D eigenvalue weighted by Crippen LogP contribution is -2.41. The second-order valence-electron chi connectivity index (χ2n) is 7.23. The minimum absolute atomic E-state index is 0.0886. The van der Waals surface area contributed by atoms with E-state index in [1.807, 2.05) is 18.2 Å². The summed E-state index contributed by atoms with van der Waals surface area (Å²) in [7, 11) is 3.04. The number of nitrogens with zero attached hydrogens (tertiary/aromatic N) is 1. The molecule has 0 radical (unpaired) electrons. The summed E-state index contributed by atoms with van der Waals surface area (Å²) in [6.45, 7) is 2.49. The van der Waals surface area contributed by atoms with Crippen LogP contribution in [0.1, 0.15) is 34.8 Å². The van der Waals surface area contributed by atoms with Crippen molar-refractivity contribution in [3.63, 3.8) is 0 Å². The maximum absolute atomic E-state index is 12.4. The van der Waals surface area contributed by atoms with Crippen LogP contribution in [-0.2, 0) is 4.79 Å². The minimum Gasteiger partial charge on any atom is -0.493 e. The van der Waals surface area contributed by atoms with Crippen LogP contribution in [0.15, 0.2) is 48.5 Å². The van der Waals surface area contributed by atoms with Crippen LogP contribution in [0.2, 0.25) is 0 Å². The second kappa shape index (κ2) is 10.6. The van der Waals surface area contributed by atoms with E-state index in [2.05, 4.69) is 27.7 Å². The maximum Gasteiger partial charge on any atom is 0.251 e. The van der Waals surface area contributed by atoms with Gasteiger partial charge in [0.25, 0.3) is 5.91 Å². The fourth-order valence-electron chi connectivity index (χ4n) is 3.70. The van der Waals surface area contributed by atoms with Gasteiger partial charge in [0.15, 0.2) is 11.5 Å². The van der Waals surface area contributed by atoms with Gasteiger partial charge in [0.05, 0.1) is 26.8 Å². The topological polar surface area (TPSA) is 79.9 Å². The molecule has 160 valence electrons. The summed E-state index contributed by atoms with van der Waals surface area (Å²) in [5.74, 6) is 0.445. The van der Waals surface area contributed by atoms with Gasteiger partial charge in [-0.2, -0.15) is 0 Å². The maximum atomic E-state index is 12.4. The van der Waals surface area contributed by atoms with Gasteiger partial charge in [0.1, 0.15) is 0 Å². The lowest BCUT2D eigenvalue weighted by Gasteiger charge is -2.28.